The van der Waals surface area contributed by atoms with E-state index in [0.717, 1.165) is 43.1 Å². The number of ether oxygens (including phenoxy) is 1. The molecule has 10 nitrogen and oxygen atoms in total. The number of hydrogen-bond donors (Lipinski definition) is 2. The Morgan fingerprint density at radius 1 is 1.09 bits per heavy atom. The molecule has 1 aliphatic heterocycles. The molecule has 2 N–H and O–H groups in total. The van der Waals surface area contributed by atoms with Crippen molar-refractivity contribution >= 4 is 34.1 Å². The summed E-state index contributed by atoms with van der Waals surface area (Å²) in [6.07, 6.45) is 10.9. The van der Waals surface area contributed by atoms with Gasteiger partial charge in [0.15, 0.2) is 17.2 Å². The molecule has 0 spiro atoms. The molecule has 1 amide bonds. The highest BCUT2D eigenvalue weighted by Gasteiger charge is 2.27. The molecular formula is C25H28N8O2. The van der Waals surface area contributed by atoms with Gasteiger partial charge in [0, 0.05) is 62.2 Å². The Morgan fingerprint density at radius 3 is 2.57 bits per heavy atom. The fraction of sp³-hybridized carbons (Fsp3) is 0.400. The van der Waals surface area contributed by atoms with Gasteiger partial charge in [0.25, 0.3) is 5.91 Å². The molecule has 4 aromatic rings. The lowest BCUT2D eigenvalue weighted by molar-refractivity contribution is 0.102. The predicted molar refractivity (Wildman–Crippen MR) is 133 cm³/mol. The van der Waals surface area contributed by atoms with Crippen molar-refractivity contribution in [3.63, 3.8) is 0 Å². The summed E-state index contributed by atoms with van der Waals surface area (Å²) in [6.45, 7) is 7.85. The third kappa shape index (κ3) is 4.25. The summed E-state index contributed by atoms with van der Waals surface area (Å²) in [5.41, 5.74) is 3.77. The molecule has 4 aromatic heterocycles. The Hall–Kier alpha value is -3.79. The van der Waals surface area contributed by atoms with Gasteiger partial charge >= 0.3 is 0 Å². The third-order valence-corrected chi connectivity index (χ3v) is 6.30. The average molecular weight is 473 g/mol. The second-order valence-electron chi connectivity index (χ2n) is 9.60. The molecule has 2 aliphatic rings. The number of hydrogen-bond acceptors (Lipinski definition) is 8. The third-order valence-electron chi connectivity index (χ3n) is 6.30. The van der Waals surface area contributed by atoms with Gasteiger partial charge in [-0.3, -0.25) is 9.78 Å². The van der Waals surface area contributed by atoms with Crippen molar-refractivity contribution in [2.24, 2.45) is 0 Å². The van der Waals surface area contributed by atoms with E-state index in [2.05, 4.69) is 49.3 Å². The van der Waals surface area contributed by atoms with Gasteiger partial charge in [-0.1, -0.05) is 0 Å². The summed E-state index contributed by atoms with van der Waals surface area (Å²) in [7, 11) is 0. The number of nitrogens with one attached hydrogen (secondary N) is 2. The Bertz CT molecular complexity index is 1420. The highest BCUT2D eigenvalue weighted by molar-refractivity contribution is 6.12. The fourth-order valence-corrected chi connectivity index (χ4v) is 4.75. The van der Waals surface area contributed by atoms with Crippen LogP contribution in [0.3, 0.4) is 0 Å². The van der Waals surface area contributed by atoms with Gasteiger partial charge in [0.05, 0.1) is 23.0 Å². The van der Waals surface area contributed by atoms with Gasteiger partial charge in [-0.2, -0.15) is 0 Å². The van der Waals surface area contributed by atoms with Crippen LogP contribution in [-0.2, 0) is 0 Å². The first-order valence-corrected chi connectivity index (χ1v) is 12.0. The number of carbonyl (C=O) groups is 1. The molecule has 0 bridgehead atoms. The number of piperazine rings is 1. The molecule has 2 fully saturated rings. The van der Waals surface area contributed by atoms with E-state index in [1.165, 1.54) is 0 Å². The molecule has 180 valence electrons. The van der Waals surface area contributed by atoms with E-state index in [1.54, 1.807) is 18.6 Å². The summed E-state index contributed by atoms with van der Waals surface area (Å²) in [6, 6.07) is 2.48. The van der Waals surface area contributed by atoms with E-state index in [-0.39, 0.29) is 12.0 Å². The van der Waals surface area contributed by atoms with Gasteiger partial charge in [0.1, 0.15) is 11.0 Å². The Labute approximate surface area is 202 Å². The summed E-state index contributed by atoms with van der Waals surface area (Å²) in [5.74, 6) is 1.11. The quantitative estimate of drug-likeness (QED) is 0.456. The fourth-order valence-electron chi connectivity index (χ4n) is 4.75. The Balaban J connectivity index is 1.34. The van der Waals surface area contributed by atoms with E-state index >= 15 is 0 Å². The molecule has 1 aliphatic carbocycles. The van der Waals surface area contributed by atoms with E-state index in [9.17, 15) is 4.79 Å². The topological polar surface area (TPSA) is 110 Å². The van der Waals surface area contributed by atoms with Crippen molar-refractivity contribution in [2.45, 2.75) is 51.8 Å². The lowest BCUT2D eigenvalue weighted by Crippen LogP contribution is -2.54. The molecule has 1 saturated heterocycles. The number of carbonyl (C=O) groups excluding carboxylic acids is 1. The minimum Gasteiger partial charge on any atom is -0.486 e. The maximum Gasteiger partial charge on any atom is 0.259 e. The molecule has 2 unspecified atom stereocenters. The molecule has 0 aromatic carbocycles. The molecule has 10 heteroatoms. The monoisotopic (exact) mass is 472 g/mol. The maximum absolute atomic E-state index is 13.4. The number of pyridine rings is 2. The molecule has 35 heavy (non-hydrogen) atoms. The van der Waals surface area contributed by atoms with Crippen LogP contribution in [0.5, 0.6) is 5.75 Å². The van der Waals surface area contributed by atoms with Crippen LogP contribution in [0.2, 0.25) is 0 Å². The highest BCUT2D eigenvalue weighted by Crippen LogP contribution is 2.32. The largest absolute Gasteiger partial charge is 0.486 e. The second kappa shape index (κ2) is 8.46. The summed E-state index contributed by atoms with van der Waals surface area (Å²) < 4.78 is 7.95. The van der Waals surface area contributed by atoms with Crippen molar-refractivity contribution in [2.75, 3.05) is 23.3 Å². The number of aryl methyl sites for hydroxylation is 1. The predicted octanol–water partition coefficient (Wildman–Crippen LogP) is 2.96. The van der Waals surface area contributed by atoms with Crippen molar-refractivity contribution in [3.05, 3.63) is 48.3 Å². The molecule has 5 heterocycles. The number of fused-ring (bicyclic) bond motifs is 2. The standard InChI is InChI=1S/C25H28N8O2/c1-14-10-32(11-15(2)29-14)24-22-21(26-6-7-27-22)19(9-28-24)25(34)31-17-8-20(35-18-4-5-18)23-30-16(3)12-33(23)13-17/h6-9,12-15,18,29H,4-5,10-11H2,1-3H3,(H,31,34). The van der Waals surface area contributed by atoms with Crippen molar-refractivity contribution in [3.8, 4) is 5.75 Å². The number of aromatic nitrogens is 5. The number of nitrogens with zero attached hydrogens (tertiary/aromatic N) is 6. The van der Waals surface area contributed by atoms with Gasteiger partial charge < -0.3 is 24.7 Å². The van der Waals surface area contributed by atoms with Crippen LogP contribution in [0.4, 0.5) is 11.5 Å². The van der Waals surface area contributed by atoms with Gasteiger partial charge in [-0.25, -0.2) is 15.0 Å². The molecule has 1 saturated carbocycles. The Kier molecular flexibility index (Phi) is 5.25. The molecular weight excluding hydrogens is 444 g/mol. The summed E-state index contributed by atoms with van der Waals surface area (Å²) in [5, 5.41) is 6.53. The second-order valence-corrected chi connectivity index (χ2v) is 9.60. The zero-order valence-electron chi connectivity index (χ0n) is 20.0. The lowest BCUT2D eigenvalue weighted by Gasteiger charge is -2.37. The summed E-state index contributed by atoms with van der Waals surface area (Å²) in [4.78, 5) is 33.9. The Morgan fingerprint density at radius 2 is 1.83 bits per heavy atom. The first-order valence-electron chi connectivity index (χ1n) is 12.0. The molecule has 2 atom stereocenters. The highest BCUT2D eigenvalue weighted by atomic mass is 16.5. The van der Waals surface area contributed by atoms with E-state index in [0.29, 0.717) is 40.1 Å². The van der Waals surface area contributed by atoms with Crippen LogP contribution in [0.15, 0.2) is 37.1 Å². The zero-order chi connectivity index (χ0) is 24.1. The number of rotatable bonds is 5. The van der Waals surface area contributed by atoms with E-state index < -0.39 is 0 Å². The molecule has 0 radical (unpaired) electrons. The summed E-state index contributed by atoms with van der Waals surface area (Å²) >= 11 is 0. The lowest BCUT2D eigenvalue weighted by atomic mass is 10.1. The van der Waals surface area contributed by atoms with Crippen LogP contribution in [0.25, 0.3) is 16.7 Å². The normalized spacial score (nSPS) is 20.4. The van der Waals surface area contributed by atoms with Gasteiger partial charge in [-0.15, -0.1) is 0 Å². The van der Waals surface area contributed by atoms with Crippen molar-refractivity contribution in [1.29, 1.82) is 0 Å². The van der Waals surface area contributed by atoms with Crippen molar-refractivity contribution in [1.82, 2.24) is 29.7 Å². The first-order chi connectivity index (χ1) is 16.9. The van der Waals surface area contributed by atoms with Crippen LogP contribution in [0, 0.1) is 6.92 Å². The average Bonchev–Trinajstić information content (AvgIpc) is 3.55. The minimum atomic E-state index is -0.301. The maximum atomic E-state index is 13.4. The number of anilines is 2. The number of amides is 1. The van der Waals surface area contributed by atoms with Crippen molar-refractivity contribution < 1.29 is 9.53 Å². The smallest absolute Gasteiger partial charge is 0.259 e. The number of imidazole rings is 1. The SMILES string of the molecule is Cc1cn2cc(NC(=O)c3cnc(N4CC(C)NC(C)C4)c4nccnc34)cc(OC3CC3)c2n1. The minimum absolute atomic E-state index is 0.216. The van der Waals surface area contributed by atoms with E-state index in [4.69, 9.17) is 4.74 Å². The van der Waals surface area contributed by atoms with Crippen LogP contribution >= 0.6 is 0 Å². The van der Waals surface area contributed by atoms with Crippen LogP contribution < -0.4 is 20.3 Å². The first kappa shape index (κ1) is 21.7. The van der Waals surface area contributed by atoms with Gasteiger partial charge in [0.2, 0.25) is 0 Å². The van der Waals surface area contributed by atoms with Gasteiger partial charge in [-0.05, 0) is 33.6 Å². The van der Waals surface area contributed by atoms with Crippen LogP contribution in [-0.4, -0.2) is 61.5 Å². The molecule has 6 rings (SSSR count). The van der Waals surface area contributed by atoms with E-state index in [1.807, 2.05) is 29.8 Å². The van der Waals surface area contributed by atoms with Crippen LogP contribution in [0.1, 0.15) is 42.7 Å². The zero-order valence-corrected chi connectivity index (χ0v) is 20.0.